The number of nitrogens with one attached hydrogen (secondary N) is 1. The van der Waals surface area contributed by atoms with Crippen LogP contribution in [0.3, 0.4) is 0 Å². The van der Waals surface area contributed by atoms with Gasteiger partial charge in [-0.15, -0.1) is 5.10 Å². The average molecular weight is 399 g/mol. The number of aromatic nitrogens is 4. The predicted octanol–water partition coefficient (Wildman–Crippen LogP) is 3.19. The highest BCUT2D eigenvalue weighted by Crippen LogP contribution is 2.28. The molecule has 0 aliphatic heterocycles. The van der Waals surface area contributed by atoms with Gasteiger partial charge in [-0.3, -0.25) is 4.79 Å². The maximum atomic E-state index is 12.6. The highest BCUT2D eigenvalue weighted by Gasteiger charge is 2.20. The zero-order chi connectivity index (χ0) is 19.9. The molecule has 3 aromatic rings. The molecule has 9 heteroatoms. The van der Waals surface area contributed by atoms with E-state index in [0.717, 1.165) is 5.75 Å². The number of carbonyl (C=O) groups is 1. The van der Waals surface area contributed by atoms with Gasteiger partial charge in [-0.1, -0.05) is 23.9 Å². The third kappa shape index (κ3) is 4.61. The summed E-state index contributed by atoms with van der Waals surface area (Å²) in [5.74, 6) is 1.26. The van der Waals surface area contributed by atoms with E-state index in [1.165, 1.54) is 11.8 Å². The number of amides is 1. The SMILES string of the molecule is CCOc1ccc(NC(=O)[C@@H](C)Sc2nnnn2-c2ccccc2OC)cc1. The Bertz CT molecular complexity index is 929. The molecule has 28 heavy (non-hydrogen) atoms. The van der Waals surface area contributed by atoms with E-state index in [-0.39, 0.29) is 5.91 Å². The summed E-state index contributed by atoms with van der Waals surface area (Å²) in [5, 5.41) is 14.8. The average Bonchev–Trinajstić information content (AvgIpc) is 3.17. The molecule has 1 N–H and O–H groups in total. The first-order valence-corrected chi connectivity index (χ1v) is 9.62. The van der Waals surface area contributed by atoms with Crippen LogP contribution >= 0.6 is 11.8 Å². The molecule has 1 amide bonds. The summed E-state index contributed by atoms with van der Waals surface area (Å²) in [7, 11) is 1.59. The fourth-order valence-electron chi connectivity index (χ4n) is 2.47. The summed E-state index contributed by atoms with van der Waals surface area (Å²) in [6.07, 6.45) is 0. The Morgan fingerprint density at radius 1 is 1.21 bits per heavy atom. The van der Waals surface area contributed by atoms with Gasteiger partial charge in [0.1, 0.15) is 17.2 Å². The highest BCUT2D eigenvalue weighted by atomic mass is 32.2. The van der Waals surface area contributed by atoms with E-state index in [2.05, 4.69) is 20.8 Å². The molecule has 0 radical (unpaired) electrons. The van der Waals surface area contributed by atoms with Crippen molar-refractivity contribution in [1.29, 1.82) is 0 Å². The number of rotatable bonds is 8. The monoisotopic (exact) mass is 399 g/mol. The lowest BCUT2D eigenvalue weighted by Crippen LogP contribution is -2.22. The van der Waals surface area contributed by atoms with Gasteiger partial charge < -0.3 is 14.8 Å². The van der Waals surface area contributed by atoms with Gasteiger partial charge in [0.05, 0.1) is 19.0 Å². The van der Waals surface area contributed by atoms with Gasteiger partial charge in [0.2, 0.25) is 11.1 Å². The fourth-order valence-corrected chi connectivity index (χ4v) is 3.27. The van der Waals surface area contributed by atoms with Crippen LogP contribution in [0.2, 0.25) is 0 Å². The molecule has 0 saturated carbocycles. The van der Waals surface area contributed by atoms with E-state index in [1.54, 1.807) is 30.8 Å². The molecule has 1 atom stereocenters. The zero-order valence-electron chi connectivity index (χ0n) is 15.8. The van der Waals surface area contributed by atoms with Crippen molar-refractivity contribution in [2.75, 3.05) is 19.0 Å². The first-order chi connectivity index (χ1) is 13.6. The van der Waals surface area contributed by atoms with Crippen molar-refractivity contribution in [3.05, 3.63) is 48.5 Å². The molecule has 0 spiro atoms. The molecule has 0 unspecified atom stereocenters. The van der Waals surface area contributed by atoms with Crippen LogP contribution in [-0.4, -0.2) is 45.1 Å². The van der Waals surface area contributed by atoms with Gasteiger partial charge in [-0.2, -0.15) is 4.68 Å². The summed E-state index contributed by atoms with van der Waals surface area (Å²) in [4.78, 5) is 12.6. The van der Waals surface area contributed by atoms with Gasteiger partial charge in [0.25, 0.3) is 0 Å². The van der Waals surface area contributed by atoms with Crippen molar-refractivity contribution in [1.82, 2.24) is 20.2 Å². The quantitative estimate of drug-likeness (QED) is 0.582. The van der Waals surface area contributed by atoms with Gasteiger partial charge in [0, 0.05) is 5.69 Å². The molecular weight excluding hydrogens is 378 g/mol. The van der Waals surface area contributed by atoms with Gasteiger partial charge >= 0.3 is 0 Å². The van der Waals surface area contributed by atoms with Gasteiger partial charge in [-0.05, 0) is 60.7 Å². The summed E-state index contributed by atoms with van der Waals surface area (Å²) < 4.78 is 12.3. The Balaban J connectivity index is 1.69. The summed E-state index contributed by atoms with van der Waals surface area (Å²) in [6.45, 7) is 4.32. The lowest BCUT2D eigenvalue weighted by atomic mass is 10.3. The maximum absolute atomic E-state index is 12.6. The van der Waals surface area contributed by atoms with E-state index in [0.29, 0.717) is 28.9 Å². The van der Waals surface area contributed by atoms with Crippen LogP contribution in [0.5, 0.6) is 11.5 Å². The second-order valence-corrected chi connectivity index (χ2v) is 7.06. The third-order valence-corrected chi connectivity index (χ3v) is 4.87. The third-order valence-electron chi connectivity index (χ3n) is 3.84. The molecule has 0 bridgehead atoms. The van der Waals surface area contributed by atoms with E-state index in [9.17, 15) is 4.79 Å². The Labute approximate surface area is 167 Å². The first kappa shape index (κ1) is 19.7. The van der Waals surface area contributed by atoms with Crippen LogP contribution in [0.4, 0.5) is 5.69 Å². The van der Waals surface area contributed by atoms with E-state index < -0.39 is 5.25 Å². The molecule has 0 saturated heterocycles. The van der Waals surface area contributed by atoms with Crippen molar-refractivity contribution in [2.24, 2.45) is 0 Å². The minimum atomic E-state index is -0.411. The summed E-state index contributed by atoms with van der Waals surface area (Å²) in [6, 6.07) is 14.7. The molecule has 2 aromatic carbocycles. The summed E-state index contributed by atoms with van der Waals surface area (Å²) in [5.41, 5.74) is 1.40. The van der Waals surface area contributed by atoms with Gasteiger partial charge in [-0.25, -0.2) is 0 Å². The number of hydrogen-bond donors (Lipinski definition) is 1. The molecule has 146 valence electrons. The molecule has 8 nitrogen and oxygen atoms in total. The minimum absolute atomic E-state index is 0.149. The van der Waals surface area contributed by atoms with Crippen LogP contribution < -0.4 is 14.8 Å². The number of ether oxygens (including phenoxy) is 2. The zero-order valence-corrected chi connectivity index (χ0v) is 16.6. The maximum Gasteiger partial charge on any atom is 0.237 e. The van der Waals surface area contributed by atoms with Crippen LogP contribution in [0.1, 0.15) is 13.8 Å². The Hall–Kier alpha value is -3.07. The largest absolute Gasteiger partial charge is 0.494 e. The number of para-hydroxylation sites is 2. The van der Waals surface area contributed by atoms with Crippen LogP contribution in [0.25, 0.3) is 5.69 Å². The smallest absolute Gasteiger partial charge is 0.237 e. The van der Waals surface area contributed by atoms with Crippen molar-refractivity contribution >= 4 is 23.4 Å². The molecule has 1 heterocycles. The Kier molecular flexibility index (Phi) is 6.49. The molecule has 0 fully saturated rings. The Morgan fingerprint density at radius 3 is 2.68 bits per heavy atom. The first-order valence-electron chi connectivity index (χ1n) is 8.74. The lowest BCUT2D eigenvalue weighted by molar-refractivity contribution is -0.115. The van der Waals surface area contributed by atoms with Crippen molar-refractivity contribution < 1.29 is 14.3 Å². The van der Waals surface area contributed by atoms with E-state index >= 15 is 0 Å². The number of hydrogen-bond acceptors (Lipinski definition) is 7. The lowest BCUT2D eigenvalue weighted by Gasteiger charge is -2.13. The number of nitrogens with zero attached hydrogens (tertiary/aromatic N) is 4. The number of methoxy groups -OCH3 is 1. The number of carbonyl (C=O) groups excluding carboxylic acids is 1. The predicted molar refractivity (Wildman–Crippen MR) is 107 cm³/mol. The number of tetrazole rings is 1. The van der Waals surface area contributed by atoms with Crippen molar-refractivity contribution in [3.8, 4) is 17.2 Å². The minimum Gasteiger partial charge on any atom is -0.494 e. The van der Waals surface area contributed by atoms with Crippen molar-refractivity contribution in [2.45, 2.75) is 24.3 Å². The van der Waals surface area contributed by atoms with Gasteiger partial charge in [0.15, 0.2) is 0 Å². The fraction of sp³-hybridized carbons (Fsp3) is 0.263. The van der Waals surface area contributed by atoms with Crippen LogP contribution in [0, 0.1) is 0 Å². The van der Waals surface area contributed by atoms with E-state index in [4.69, 9.17) is 9.47 Å². The second-order valence-electron chi connectivity index (χ2n) is 5.75. The highest BCUT2D eigenvalue weighted by molar-refractivity contribution is 8.00. The van der Waals surface area contributed by atoms with Crippen LogP contribution in [-0.2, 0) is 4.79 Å². The van der Waals surface area contributed by atoms with E-state index in [1.807, 2.05) is 43.3 Å². The second kappa shape index (κ2) is 9.23. The summed E-state index contributed by atoms with van der Waals surface area (Å²) >= 11 is 1.26. The molecule has 1 aromatic heterocycles. The number of anilines is 1. The normalized spacial score (nSPS) is 11.7. The molecular formula is C19H21N5O3S. The Morgan fingerprint density at radius 2 is 1.96 bits per heavy atom. The van der Waals surface area contributed by atoms with Crippen LogP contribution in [0.15, 0.2) is 53.7 Å². The standard InChI is InChI=1S/C19H21N5O3S/c1-4-27-15-11-9-14(10-12-15)20-18(25)13(2)28-19-21-22-23-24(19)16-7-5-6-8-17(16)26-3/h5-13H,4H2,1-3H3,(H,20,25)/t13-/m1/s1. The topological polar surface area (TPSA) is 91.2 Å². The number of benzene rings is 2. The number of thioether (sulfide) groups is 1. The molecule has 0 aliphatic rings. The molecule has 0 aliphatic carbocycles. The van der Waals surface area contributed by atoms with Crippen molar-refractivity contribution in [3.63, 3.8) is 0 Å². The molecule has 3 rings (SSSR count).